The van der Waals surface area contributed by atoms with E-state index < -0.39 is 0 Å². The van der Waals surface area contributed by atoms with E-state index in [1.165, 1.54) is 12.8 Å². The Hall–Kier alpha value is -0.600. The molecule has 1 aliphatic rings. The Morgan fingerprint density at radius 3 is 3.11 bits per heavy atom. The molecule has 3 nitrogen and oxygen atoms in total. The van der Waals surface area contributed by atoms with Crippen molar-refractivity contribution in [3.8, 4) is 0 Å². The van der Waals surface area contributed by atoms with Gasteiger partial charge < -0.3 is 4.84 Å². The van der Waals surface area contributed by atoms with Crippen LogP contribution in [0.15, 0.2) is 10.4 Å². The first kappa shape index (κ1) is 6.52. The molecule has 9 heavy (non-hydrogen) atoms. The van der Waals surface area contributed by atoms with Crippen molar-refractivity contribution < 1.29 is 4.84 Å². The van der Waals surface area contributed by atoms with Gasteiger partial charge in [0.1, 0.15) is 12.6 Å². The van der Waals surface area contributed by atoms with E-state index in [0.717, 1.165) is 6.42 Å². The summed E-state index contributed by atoms with van der Waals surface area (Å²) >= 11 is 0. The third kappa shape index (κ3) is 2.00. The minimum atomic E-state index is 0.352. The molecule has 1 rings (SSSR count). The van der Waals surface area contributed by atoms with Crippen LogP contribution in [-0.2, 0) is 4.84 Å². The standard InChI is InChI=1S/C6H12N2O/c1-2-3-4-6-5-9-8-7-6/h6H,2-5H2,1H3. The van der Waals surface area contributed by atoms with E-state index in [1.807, 2.05) is 0 Å². The maximum absolute atomic E-state index is 4.71. The Labute approximate surface area is 55.1 Å². The highest BCUT2D eigenvalue weighted by Crippen LogP contribution is 2.10. The molecule has 0 saturated heterocycles. The van der Waals surface area contributed by atoms with Gasteiger partial charge >= 0.3 is 0 Å². The molecule has 0 fully saturated rings. The maximum atomic E-state index is 4.71. The maximum Gasteiger partial charge on any atom is 0.143 e. The summed E-state index contributed by atoms with van der Waals surface area (Å²) in [4.78, 5) is 4.71. The molecule has 0 aromatic carbocycles. The van der Waals surface area contributed by atoms with E-state index in [1.54, 1.807) is 0 Å². The molecule has 1 unspecified atom stereocenters. The van der Waals surface area contributed by atoms with Gasteiger partial charge in [-0.1, -0.05) is 19.8 Å². The molecule has 1 atom stereocenters. The SMILES string of the molecule is CCCCC1CON=N1. The predicted octanol–water partition coefficient (Wildman–Crippen LogP) is 1.94. The molecular weight excluding hydrogens is 116 g/mol. The van der Waals surface area contributed by atoms with E-state index in [-0.39, 0.29) is 0 Å². The summed E-state index contributed by atoms with van der Waals surface area (Å²) in [5.41, 5.74) is 0. The molecule has 3 heteroatoms. The molecule has 0 aromatic heterocycles. The van der Waals surface area contributed by atoms with Gasteiger partial charge in [0.05, 0.1) is 0 Å². The first-order chi connectivity index (χ1) is 4.43. The van der Waals surface area contributed by atoms with E-state index >= 15 is 0 Å². The van der Waals surface area contributed by atoms with Crippen molar-refractivity contribution in [2.45, 2.75) is 32.2 Å². The summed E-state index contributed by atoms with van der Waals surface area (Å²) in [5, 5.41) is 7.32. The number of rotatable bonds is 3. The molecule has 1 heterocycles. The minimum Gasteiger partial charge on any atom is -0.377 e. The lowest BCUT2D eigenvalue weighted by atomic mass is 10.1. The minimum absolute atomic E-state index is 0.352. The molecule has 0 N–H and O–H groups in total. The Bertz CT molecular complexity index is 103. The van der Waals surface area contributed by atoms with Crippen molar-refractivity contribution in [1.29, 1.82) is 0 Å². The summed E-state index contributed by atoms with van der Waals surface area (Å²) in [7, 11) is 0. The molecule has 0 radical (unpaired) electrons. The van der Waals surface area contributed by atoms with Crippen molar-refractivity contribution in [1.82, 2.24) is 0 Å². The number of nitrogens with zero attached hydrogens (tertiary/aromatic N) is 2. The quantitative estimate of drug-likeness (QED) is 0.571. The molecule has 1 aliphatic heterocycles. The second-order valence-electron chi connectivity index (χ2n) is 2.29. The zero-order valence-electron chi connectivity index (χ0n) is 5.71. The van der Waals surface area contributed by atoms with Crippen LogP contribution in [0, 0.1) is 0 Å². The van der Waals surface area contributed by atoms with E-state index in [2.05, 4.69) is 17.3 Å². The third-order valence-corrected chi connectivity index (χ3v) is 1.43. The normalized spacial score (nSPS) is 24.3. The summed E-state index contributed by atoms with van der Waals surface area (Å²) in [5.74, 6) is 0. The highest BCUT2D eigenvalue weighted by Gasteiger charge is 2.11. The summed E-state index contributed by atoms with van der Waals surface area (Å²) < 4.78 is 0. The number of unbranched alkanes of at least 4 members (excludes halogenated alkanes) is 1. The van der Waals surface area contributed by atoms with Gasteiger partial charge in [0.2, 0.25) is 0 Å². The number of hydrogen-bond donors (Lipinski definition) is 0. The third-order valence-electron chi connectivity index (χ3n) is 1.43. The van der Waals surface area contributed by atoms with Crippen molar-refractivity contribution in [2.75, 3.05) is 6.61 Å². The monoisotopic (exact) mass is 128 g/mol. The smallest absolute Gasteiger partial charge is 0.143 e. The second-order valence-corrected chi connectivity index (χ2v) is 2.29. The highest BCUT2D eigenvalue weighted by molar-refractivity contribution is 4.64. The molecular formula is C6H12N2O. The van der Waals surface area contributed by atoms with Crippen molar-refractivity contribution in [2.24, 2.45) is 10.4 Å². The van der Waals surface area contributed by atoms with Gasteiger partial charge in [-0.3, -0.25) is 0 Å². The Morgan fingerprint density at radius 1 is 1.67 bits per heavy atom. The van der Waals surface area contributed by atoms with E-state index in [4.69, 9.17) is 4.84 Å². The Balaban J connectivity index is 2.05. The zero-order chi connectivity index (χ0) is 6.53. The molecule has 0 saturated carbocycles. The number of hydrogen-bond acceptors (Lipinski definition) is 3. The van der Waals surface area contributed by atoms with Crippen LogP contribution < -0.4 is 0 Å². The fourth-order valence-corrected chi connectivity index (χ4v) is 0.834. The van der Waals surface area contributed by atoms with Crippen LogP contribution in [0.2, 0.25) is 0 Å². The molecule has 0 aliphatic carbocycles. The van der Waals surface area contributed by atoms with Crippen LogP contribution in [0.1, 0.15) is 26.2 Å². The molecule has 0 spiro atoms. The van der Waals surface area contributed by atoms with Gasteiger partial charge in [-0.05, 0) is 6.42 Å². The van der Waals surface area contributed by atoms with Crippen LogP contribution in [0.4, 0.5) is 0 Å². The zero-order valence-corrected chi connectivity index (χ0v) is 5.71. The highest BCUT2D eigenvalue weighted by atomic mass is 16.7. The lowest BCUT2D eigenvalue weighted by Gasteiger charge is -1.98. The predicted molar refractivity (Wildman–Crippen MR) is 34.1 cm³/mol. The fourth-order valence-electron chi connectivity index (χ4n) is 0.834. The lowest BCUT2D eigenvalue weighted by molar-refractivity contribution is 0.163. The first-order valence-corrected chi connectivity index (χ1v) is 3.45. The van der Waals surface area contributed by atoms with Crippen LogP contribution >= 0.6 is 0 Å². The summed E-state index contributed by atoms with van der Waals surface area (Å²) in [6, 6.07) is 0.352. The average Bonchev–Trinajstić information content (AvgIpc) is 2.34. The molecule has 52 valence electrons. The van der Waals surface area contributed by atoms with E-state index in [0.29, 0.717) is 12.6 Å². The van der Waals surface area contributed by atoms with Gasteiger partial charge in [-0.15, -0.1) is 5.11 Å². The van der Waals surface area contributed by atoms with Gasteiger partial charge in [-0.2, -0.15) is 0 Å². The van der Waals surface area contributed by atoms with Crippen molar-refractivity contribution in [3.05, 3.63) is 0 Å². The topological polar surface area (TPSA) is 34.0 Å². The van der Waals surface area contributed by atoms with Gasteiger partial charge in [0.25, 0.3) is 0 Å². The largest absolute Gasteiger partial charge is 0.377 e. The van der Waals surface area contributed by atoms with Crippen molar-refractivity contribution >= 4 is 0 Å². The van der Waals surface area contributed by atoms with E-state index in [9.17, 15) is 0 Å². The van der Waals surface area contributed by atoms with Crippen LogP contribution in [0.5, 0.6) is 0 Å². The van der Waals surface area contributed by atoms with Crippen LogP contribution in [0.3, 0.4) is 0 Å². The van der Waals surface area contributed by atoms with Gasteiger partial charge in [0, 0.05) is 5.28 Å². The molecule has 0 amide bonds. The average molecular weight is 128 g/mol. The summed E-state index contributed by atoms with van der Waals surface area (Å²) in [6.07, 6.45) is 3.58. The Kier molecular flexibility index (Phi) is 2.48. The van der Waals surface area contributed by atoms with Crippen molar-refractivity contribution in [3.63, 3.8) is 0 Å². The Morgan fingerprint density at radius 2 is 2.56 bits per heavy atom. The van der Waals surface area contributed by atoms with Gasteiger partial charge in [0.15, 0.2) is 0 Å². The second kappa shape index (κ2) is 3.43. The van der Waals surface area contributed by atoms with Crippen LogP contribution in [0.25, 0.3) is 0 Å². The summed E-state index contributed by atoms with van der Waals surface area (Å²) in [6.45, 7) is 2.87. The lowest BCUT2D eigenvalue weighted by Crippen LogP contribution is -2.04. The fraction of sp³-hybridized carbons (Fsp3) is 1.00. The molecule has 0 aromatic rings. The van der Waals surface area contributed by atoms with Crippen LogP contribution in [-0.4, -0.2) is 12.6 Å². The molecule has 0 bridgehead atoms. The van der Waals surface area contributed by atoms with Gasteiger partial charge in [-0.25, -0.2) is 0 Å². The first-order valence-electron chi connectivity index (χ1n) is 3.45.